The van der Waals surface area contributed by atoms with Crippen LogP contribution < -0.4 is 11.2 Å². The second-order valence-electron chi connectivity index (χ2n) is 7.43. The summed E-state index contributed by atoms with van der Waals surface area (Å²) >= 11 is 0. The van der Waals surface area contributed by atoms with Gasteiger partial charge in [-0.25, -0.2) is 4.79 Å². The minimum Gasteiger partial charge on any atom is -0.415 e. The highest BCUT2D eigenvalue weighted by Crippen LogP contribution is 2.22. The van der Waals surface area contributed by atoms with E-state index in [0.717, 1.165) is 4.57 Å². The van der Waals surface area contributed by atoms with Gasteiger partial charge in [-0.05, 0) is 38.4 Å². The molecule has 0 saturated heterocycles. The molecule has 0 saturated carbocycles. The molecule has 0 unspecified atom stereocenters. The van der Waals surface area contributed by atoms with Gasteiger partial charge in [-0.3, -0.25) is 18.9 Å². The Labute approximate surface area is 180 Å². The van der Waals surface area contributed by atoms with Crippen molar-refractivity contribution >= 4 is 10.9 Å². The van der Waals surface area contributed by atoms with Crippen LogP contribution in [-0.4, -0.2) is 49.9 Å². The highest BCUT2D eigenvalue weighted by atomic mass is 19.3. The molecular formula is C21H20F2N6O3. The van der Waals surface area contributed by atoms with Crippen molar-refractivity contribution in [2.24, 2.45) is 0 Å². The number of halogens is 2. The SMILES string of the molecule is CN(C)CCn1c(=O)n(Cc2ccc(-c3nnc(C(F)F)o3)cn2)c(=O)c2ccccc21. The van der Waals surface area contributed by atoms with Gasteiger partial charge in [0.2, 0.25) is 5.89 Å². The number of aromatic nitrogens is 5. The average Bonchev–Trinajstić information content (AvgIpc) is 3.28. The first kappa shape index (κ1) is 21.5. The second kappa shape index (κ2) is 8.79. The van der Waals surface area contributed by atoms with Gasteiger partial charge in [0.1, 0.15) is 0 Å². The summed E-state index contributed by atoms with van der Waals surface area (Å²) in [5, 5.41) is 7.31. The zero-order valence-corrected chi connectivity index (χ0v) is 17.4. The molecule has 3 heterocycles. The van der Waals surface area contributed by atoms with Crippen LogP contribution in [0.15, 0.2) is 56.6 Å². The zero-order chi connectivity index (χ0) is 22.8. The van der Waals surface area contributed by atoms with Crippen molar-refractivity contribution in [1.29, 1.82) is 0 Å². The van der Waals surface area contributed by atoms with Crippen molar-refractivity contribution in [3.8, 4) is 11.5 Å². The number of hydrogen-bond donors (Lipinski definition) is 0. The molecule has 0 radical (unpaired) electrons. The molecule has 3 aromatic heterocycles. The molecule has 0 aliphatic carbocycles. The number of rotatable bonds is 7. The van der Waals surface area contributed by atoms with Gasteiger partial charge in [0.25, 0.3) is 11.4 Å². The molecule has 4 aromatic rings. The van der Waals surface area contributed by atoms with Gasteiger partial charge >= 0.3 is 12.1 Å². The quantitative estimate of drug-likeness (QED) is 0.432. The molecule has 0 aliphatic heterocycles. The summed E-state index contributed by atoms with van der Waals surface area (Å²) in [7, 11) is 3.81. The molecule has 166 valence electrons. The lowest BCUT2D eigenvalue weighted by molar-refractivity contribution is 0.116. The van der Waals surface area contributed by atoms with E-state index in [-0.39, 0.29) is 12.4 Å². The monoisotopic (exact) mass is 442 g/mol. The van der Waals surface area contributed by atoms with Gasteiger partial charge in [0.15, 0.2) is 0 Å². The van der Waals surface area contributed by atoms with Crippen LogP contribution in [0.4, 0.5) is 8.78 Å². The molecule has 0 spiro atoms. The standard InChI is InChI=1S/C21H20F2N6O3/c1-27(2)9-10-28-16-6-4-3-5-15(16)20(30)29(21(28)31)12-14-8-7-13(11-24-14)18-25-26-19(32-18)17(22)23/h3-8,11,17H,9-10,12H2,1-2H3. The number of fused-ring (bicyclic) bond motifs is 1. The second-order valence-corrected chi connectivity index (χ2v) is 7.43. The molecule has 11 heteroatoms. The third-order valence-corrected chi connectivity index (χ3v) is 4.92. The van der Waals surface area contributed by atoms with Gasteiger partial charge < -0.3 is 9.32 Å². The van der Waals surface area contributed by atoms with E-state index in [4.69, 9.17) is 4.42 Å². The maximum Gasteiger partial charge on any atom is 0.331 e. The Bertz CT molecular complexity index is 1360. The lowest BCUT2D eigenvalue weighted by Crippen LogP contribution is -2.41. The summed E-state index contributed by atoms with van der Waals surface area (Å²) < 4.78 is 32.9. The number of likely N-dealkylation sites (N-methyl/N-ethyl adjacent to an activating group) is 1. The van der Waals surface area contributed by atoms with Crippen LogP contribution in [0.3, 0.4) is 0 Å². The minimum absolute atomic E-state index is 0.0448. The van der Waals surface area contributed by atoms with E-state index >= 15 is 0 Å². The molecule has 0 fully saturated rings. The van der Waals surface area contributed by atoms with Crippen LogP contribution in [0, 0.1) is 0 Å². The van der Waals surface area contributed by atoms with Gasteiger partial charge in [-0.1, -0.05) is 12.1 Å². The molecule has 4 rings (SSSR count). The maximum absolute atomic E-state index is 13.2. The van der Waals surface area contributed by atoms with Gasteiger partial charge in [0, 0.05) is 19.3 Å². The fourth-order valence-corrected chi connectivity index (χ4v) is 3.27. The number of para-hydroxylation sites is 1. The Balaban J connectivity index is 1.69. The normalized spacial score (nSPS) is 11.7. The number of alkyl halides is 2. The van der Waals surface area contributed by atoms with Crippen LogP contribution in [0.5, 0.6) is 0 Å². The third kappa shape index (κ3) is 4.19. The maximum atomic E-state index is 13.2. The molecule has 0 N–H and O–H groups in total. The Morgan fingerprint density at radius 2 is 1.84 bits per heavy atom. The number of benzene rings is 1. The molecule has 32 heavy (non-hydrogen) atoms. The molecule has 0 amide bonds. The molecule has 9 nitrogen and oxygen atoms in total. The predicted octanol–water partition coefficient (Wildman–Crippen LogP) is 2.16. The van der Waals surface area contributed by atoms with E-state index in [1.807, 2.05) is 19.0 Å². The first-order valence-corrected chi connectivity index (χ1v) is 9.79. The van der Waals surface area contributed by atoms with E-state index in [9.17, 15) is 18.4 Å². The first-order chi connectivity index (χ1) is 15.3. The zero-order valence-electron chi connectivity index (χ0n) is 17.4. The smallest absolute Gasteiger partial charge is 0.331 e. The number of nitrogens with zero attached hydrogens (tertiary/aromatic N) is 6. The fourth-order valence-electron chi connectivity index (χ4n) is 3.27. The molecule has 0 atom stereocenters. The highest BCUT2D eigenvalue weighted by Gasteiger charge is 2.18. The van der Waals surface area contributed by atoms with Gasteiger partial charge in [-0.2, -0.15) is 8.78 Å². The minimum atomic E-state index is -2.86. The lowest BCUT2D eigenvalue weighted by atomic mass is 10.2. The summed E-state index contributed by atoms with van der Waals surface area (Å²) in [5.74, 6) is -0.863. The van der Waals surface area contributed by atoms with E-state index in [0.29, 0.717) is 35.2 Å². The van der Waals surface area contributed by atoms with Crippen LogP contribution in [-0.2, 0) is 13.1 Å². The summed E-state index contributed by atoms with van der Waals surface area (Å²) in [4.78, 5) is 32.3. The molecular weight excluding hydrogens is 422 g/mol. The largest absolute Gasteiger partial charge is 0.415 e. The summed E-state index contributed by atoms with van der Waals surface area (Å²) in [6.07, 6.45) is -1.49. The van der Waals surface area contributed by atoms with Crippen molar-refractivity contribution in [2.45, 2.75) is 19.5 Å². The van der Waals surface area contributed by atoms with Crippen molar-refractivity contribution in [3.05, 3.63) is 75.0 Å². The lowest BCUT2D eigenvalue weighted by Gasteiger charge is -2.16. The predicted molar refractivity (Wildman–Crippen MR) is 113 cm³/mol. The van der Waals surface area contributed by atoms with Crippen molar-refractivity contribution < 1.29 is 13.2 Å². The van der Waals surface area contributed by atoms with Crippen molar-refractivity contribution in [1.82, 2.24) is 29.2 Å². The van der Waals surface area contributed by atoms with Crippen LogP contribution in [0.2, 0.25) is 0 Å². The van der Waals surface area contributed by atoms with Crippen LogP contribution >= 0.6 is 0 Å². The van der Waals surface area contributed by atoms with E-state index in [2.05, 4.69) is 15.2 Å². The Hall–Kier alpha value is -3.73. The van der Waals surface area contributed by atoms with Crippen LogP contribution in [0.1, 0.15) is 18.0 Å². The van der Waals surface area contributed by atoms with E-state index in [1.54, 1.807) is 41.0 Å². The summed E-state index contributed by atoms with van der Waals surface area (Å²) in [6, 6.07) is 10.1. The topological polar surface area (TPSA) is 99.1 Å². The molecule has 0 aliphatic rings. The van der Waals surface area contributed by atoms with Crippen molar-refractivity contribution in [3.63, 3.8) is 0 Å². The third-order valence-electron chi connectivity index (χ3n) is 4.92. The van der Waals surface area contributed by atoms with Gasteiger partial charge in [0.05, 0.1) is 28.7 Å². The van der Waals surface area contributed by atoms with E-state index in [1.165, 1.54) is 6.20 Å². The average molecular weight is 442 g/mol. The Morgan fingerprint density at radius 3 is 2.50 bits per heavy atom. The van der Waals surface area contributed by atoms with E-state index < -0.39 is 23.6 Å². The Morgan fingerprint density at radius 1 is 1.06 bits per heavy atom. The van der Waals surface area contributed by atoms with Crippen LogP contribution in [0.25, 0.3) is 22.4 Å². The number of hydrogen-bond acceptors (Lipinski definition) is 7. The highest BCUT2D eigenvalue weighted by molar-refractivity contribution is 5.77. The molecule has 0 bridgehead atoms. The fraction of sp³-hybridized carbons (Fsp3) is 0.286. The Kier molecular flexibility index (Phi) is 5.91. The summed E-state index contributed by atoms with van der Waals surface area (Å²) in [5.41, 5.74) is 0.532. The first-order valence-electron chi connectivity index (χ1n) is 9.79. The van der Waals surface area contributed by atoms with Gasteiger partial charge in [-0.15, -0.1) is 10.2 Å². The van der Waals surface area contributed by atoms with Crippen molar-refractivity contribution in [2.75, 3.05) is 20.6 Å². The molecule has 1 aromatic carbocycles. The number of pyridine rings is 1. The summed E-state index contributed by atoms with van der Waals surface area (Å²) in [6.45, 7) is 0.999.